The number of rotatable bonds is 7. The first-order valence-electron chi connectivity index (χ1n) is 8.92. The third-order valence-corrected chi connectivity index (χ3v) is 4.40. The van der Waals surface area contributed by atoms with Crippen LogP contribution in [0.25, 0.3) is 0 Å². The molecule has 0 saturated carbocycles. The average molecular weight is 356 g/mol. The van der Waals surface area contributed by atoms with E-state index in [9.17, 15) is 9.59 Å². The smallest absolute Gasteiger partial charge is 0.253 e. The van der Waals surface area contributed by atoms with Crippen molar-refractivity contribution >= 4 is 17.5 Å². The summed E-state index contributed by atoms with van der Waals surface area (Å²) in [6.45, 7) is 3.96. The van der Waals surface area contributed by atoms with Crippen LogP contribution in [0.15, 0.2) is 36.7 Å². The van der Waals surface area contributed by atoms with Gasteiger partial charge in [-0.1, -0.05) is 6.07 Å². The van der Waals surface area contributed by atoms with Crippen molar-refractivity contribution in [2.45, 2.75) is 38.8 Å². The van der Waals surface area contributed by atoms with Gasteiger partial charge in [0, 0.05) is 43.3 Å². The summed E-state index contributed by atoms with van der Waals surface area (Å²) in [5.41, 5.74) is 1.13. The highest BCUT2D eigenvalue weighted by Crippen LogP contribution is 2.16. The van der Waals surface area contributed by atoms with Crippen LogP contribution in [-0.2, 0) is 16.1 Å². The van der Waals surface area contributed by atoms with Crippen LogP contribution in [0.1, 0.15) is 35.4 Å². The predicted octanol–water partition coefficient (Wildman–Crippen LogP) is 2.13. The summed E-state index contributed by atoms with van der Waals surface area (Å²) in [6.07, 6.45) is 5.76. The van der Waals surface area contributed by atoms with Crippen LogP contribution in [0.3, 0.4) is 0 Å². The summed E-state index contributed by atoms with van der Waals surface area (Å²) in [4.78, 5) is 28.6. The molecule has 0 aliphatic carbocycles. The summed E-state index contributed by atoms with van der Waals surface area (Å²) >= 11 is 0. The topological polar surface area (TPSA) is 85.3 Å². The molecule has 1 aliphatic heterocycles. The number of hydrogen-bond acceptors (Lipinski definition) is 4. The molecule has 2 heterocycles. The zero-order valence-electron chi connectivity index (χ0n) is 14.9. The van der Waals surface area contributed by atoms with E-state index in [1.807, 2.05) is 17.7 Å². The fourth-order valence-electron chi connectivity index (χ4n) is 2.94. The molecule has 0 spiro atoms. The molecule has 0 bridgehead atoms. The van der Waals surface area contributed by atoms with Crippen molar-refractivity contribution in [3.05, 3.63) is 48.0 Å². The number of carbonyl (C=O) groups excluding carboxylic acids is 2. The number of nitrogens with zero attached hydrogens (tertiary/aromatic N) is 2. The van der Waals surface area contributed by atoms with E-state index in [1.54, 1.807) is 30.5 Å². The van der Waals surface area contributed by atoms with Gasteiger partial charge in [-0.3, -0.25) is 9.59 Å². The number of aromatic nitrogens is 2. The number of aryl methyl sites for hydroxylation is 2. The van der Waals surface area contributed by atoms with Gasteiger partial charge in [0.05, 0.1) is 0 Å². The van der Waals surface area contributed by atoms with Gasteiger partial charge in [-0.25, -0.2) is 4.98 Å². The molecule has 2 amide bonds. The zero-order valence-corrected chi connectivity index (χ0v) is 14.9. The van der Waals surface area contributed by atoms with Gasteiger partial charge in [0.2, 0.25) is 0 Å². The fourth-order valence-corrected chi connectivity index (χ4v) is 2.94. The normalized spacial score (nSPS) is 16.4. The molecule has 1 fully saturated rings. The maximum atomic E-state index is 12.3. The molecule has 1 aliphatic rings. The van der Waals surface area contributed by atoms with Crippen molar-refractivity contribution in [2.75, 3.05) is 18.5 Å². The van der Waals surface area contributed by atoms with Gasteiger partial charge in [-0.05, 0) is 44.4 Å². The number of imidazole rings is 1. The molecule has 1 atom stereocenters. The molecule has 1 aromatic heterocycles. The summed E-state index contributed by atoms with van der Waals surface area (Å²) in [5, 5.41) is 5.72. The van der Waals surface area contributed by atoms with Crippen LogP contribution in [0.2, 0.25) is 0 Å². The Balaban J connectivity index is 1.48. The van der Waals surface area contributed by atoms with E-state index in [1.165, 1.54) is 0 Å². The van der Waals surface area contributed by atoms with E-state index in [4.69, 9.17) is 4.74 Å². The number of nitrogens with one attached hydrogen (secondary N) is 2. The maximum Gasteiger partial charge on any atom is 0.253 e. The molecule has 3 rings (SSSR count). The second-order valence-electron chi connectivity index (χ2n) is 6.35. The number of carbonyl (C=O) groups is 2. The van der Waals surface area contributed by atoms with E-state index in [-0.39, 0.29) is 17.9 Å². The Morgan fingerprint density at radius 3 is 3.00 bits per heavy atom. The fraction of sp³-hybridized carbons (Fsp3) is 0.421. The first-order chi connectivity index (χ1) is 12.6. The monoisotopic (exact) mass is 356 g/mol. The number of ether oxygens (including phenoxy) is 1. The molecule has 7 heteroatoms. The van der Waals surface area contributed by atoms with Gasteiger partial charge < -0.3 is 19.9 Å². The minimum absolute atomic E-state index is 0.152. The van der Waals surface area contributed by atoms with E-state index in [0.717, 1.165) is 31.6 Å². The van der Waals surface area contributed by atoms with Gasteiger partial charge in [0.15, 0.2) is 0 Å². The molecule has 2 N–H and O–H groups in total. The van der Waals surface area contributed by atoms with Crippen LogP contribution in [0.5, 0.6) is 0 Å². The number of anilines is 1. The highest BCUT2D eigenvalue weighted by atomic mass is 16.5. The molecule has 138 valence electrons. The Morgan fingerprint density at radius 1 is 1.38 bits per heavy atom. The van der Waals surface area contributed by atoms with Crippen molar-refractivity contribution in [3.63, 3.8) is 0 Å². The molecule has 7 nitrogen and oxygen atoms in total. The largest absolute Gasteiger partial charge is 0.368 e. The summed E-state index contributed by atoms with van der Waals surface area (Å²) in [5.74, 6) is 0.655. The maximum absolute atomic E-state index is 12.3. The van der Waals surface area contributed by atoms with Gasteiger partial charge in [0.25, 0.3) is 11.8 Å². The lowest BCUT2D eigenvalue weighted by molar-refractivity contribution is -0.124. The SMILES string of the molecule is Cc1nccn1CCCNC(=O)c1cccc(NC(=O)C2CCCO2)c1. The number of benzene rings is 1. The van der Waals surface area contributed by atoms with Crippen molar-refractivity contribution in [2.24, 2.45) is 0 Å². The third-order valence-electron chi connectivity index (χ3n) is 4.40. The van der Waals surface area contributed by atoms with Gasteiger partial charge in [0.1, 0.15) is 11.9 Å². The van der Waals surface area contributed by atoms with Gasteiger partial charge in [-0.2, -0.15) is 0 Å². The first-order valence-corrected chi connectivity index (χ1v) is 8.92. The quantitative estimate of drug-likeness (QED) is 0.744. The van der Waals surface area contributed by atoms with E-state index in [2.05, 4.69) is 15.6 Å². The Hall–Kier alpha value is -2.67. The highest BCUT2D eigenvalue weighted by Gasteiger charge is 2.23. The van der Waals surface area contributed by atoms with Crippen molar-refractivity contribution in [1.29, 1.82) is 0 Å². The van der Waals surface area contributed by atoms with Crippen LogP contribution >= 0.6 is 0 Å². The summed E-state index contributed by atoms with van der Waals surface area (Å²) in [7, 11) is 0. The lowest BCUT2D eigenvalue weighted by atomic mass is 10.1. The van der Waals surface area contributed by atoms with Gasteiger partial charge >= 0.3 is 0 Å². The molecule has 0 radical (unpaired) electrons. The van der Waals surface area contributed by atoms with Crippen LogP contribution in [-0.4, -0.2) is 40.6 Å². The zero-order chi connectivity index (χ0) is 18.4. The molecule has 1 saturated heterocycles. The molecule has 2 aromatic rings. The highest BCUT2D eigenvalue weighted by molar-refractivity contribution is 5.98. The van der Waals surface area contributed by atoms with E-state index < -0.39 is 0 Å². The van der Waals surface area contributed by atoms with Crippen molar-refractivity contribution < 1.29 is 14.3 Å². The lowest BCUT2D eigenvalue weighted by Crippen LogP contribution is -2.27. The van der Waals surface area contributed by atoms with E-state index in [0.29, 0.717) is 24.4 Å². The number of hydrogen-bond donors (Lipinski definition) is 2. The van der Waals surface area contributed by atoms with Crippen LogP contribution in [0.4, 0.5) is 5.69 Å². The molecule has 1 aromatic carbocycles. The Kier molecular flexibility index (Phi) is 6.01. The predicted molar refractivity (Wildman–Crippen MR) is 98.0 cm³/mol. The Morgan fingerprint density at radius 2 is 2.27 bits per heavy atom. The summed E-state index contributed by atoms with van der Waals surface area (Å²) < 4.78 is 7.42. The Labute approximate surface area is 152 Å². The molecule has 26 heavy (non-hydrogen) atoms. The van der Waals surface area contributed by atoms with Gasteiger partial charge in [-0.15, -0.1) is 0 Å². The third kappa shape index (κ3) is 4.70. The summed E-state index contributed by atoms with van der Waals surface area (Å²) in [6, 6.07) is 6.94. The van der Waals surface area contributed by atoms with Crippen LogP contribution in [0, 0.1) is 6.92 Å². The first kappa shape index (κ1) is 18.1. The van der Waals surface area contributed by atoms with Crippen molar-refractivity contribution in [3.8, 4) is 0 Å². The molecular weight excluding hydrogens is 332 g/mol. The van der Waals surface area contributed by atoms with Crippen molar-refractivity contribution in [1.82, 2.24) is 14.9 Å². The molecule has 1 unspecified atom stereocenters. The minimum Gasteiger partial charge on any atom is -0.368 e. The second-order valence-corrected chi connectivity index (χ2v) is 6.35. The van der Waals surface area contributed by atoms with Crippen LogP contribution < -0.4 is 10.6 Å². The number of amides is 2. The molecular formula is C19H24N4O3. The second kappa shape index (κ2) is 8.62. The average Bonchev–Trinajstić information content (AvgIpc) is 3.31. The standard InChI is InChI=1S/C19H24N4O3/c1-14-20-9-11-23(14)10-4-8-21-18(24)15-5-2-6-16(13-15)22-19(25)17-7-3-12-26-17/h2,5-6,9,11,13,17H,3-4,7-8,10,12H2,1H3,(H,21,24)(H,22,25). The minimum atomic E-state index is -0.390. The van der Waals surface area contributed by atoms with E-state index >= 15 is 0 Å². The Bertz CT molecular complexity index is 766. The lowest BCUT2D eigenvalue weighted by Gasteiger charge is -2.11.